The first-order valence-electron chi connectivity index (χ1n) is 6.75. The molecule has 0 N–H and O–H groups in total. The van der Waals surface area contributed by atoms with Crippen molar-refractivity contribution in [2.24, 2.45) is 0 Å². The summed E-state index contributed by atoms with van der Waals surface area (Å²) in [4.78, 5) is 12.2. The molecule has 2 aromatic carbocycles. The molecule has 20 heavy (non-hydrogen) atoms. The van der Waals surface area contributed by atoms with Gasteiger partial charge in [0.25, 0.3) is 0 Å². The second-order valence-corrected chi connectivity index (χ2v) is 6.50. The summed E-state index contributed by atoms with van der Waals surface area (Å²) in [6.45, 7) is 2.96. The third-order valence-corrected chi connectivity index (χ3v) is 5.06. The predicted octanol–water partition coefficient (Wildman–Crippen LogP) is 3.81. The van der Waals surface area contributed by atoms with Gasteiger partial charge in [-0.1, -0.05) is 30.3 Å². The summed E-state index contributed by atoms with van der Waals surface area (Å²) >= 11 is 2.29. The maximum Gasteiger partial charge on any atom is 0.338 e. The number of rotatable bonds is 2. The fraction of sp³-hybridized carbons (Fsp3) is 0.312. The Labute approximate surface area is 132 Å². The molecule has 0 saturated carbocycles. The van der Waals surface area contributed by atoms with Crippen molar-refractivity contribution in [2.75, 3.05) is 6.54 Å². The monoisotopic (exact) mass is 381 g/mol. The molecule has 1 saturated heterocycles. The van der Waals surface area contributed by atoms with Crippen molar-refractivity contribution in [2.45, 2.75) is 25.5 Å². The molecule has 0 amide bonds. The lowest BCUT2D eigenvalue weighted by molar-refractivity contribution is 0.0335. The maximum atomic E-state index is 12.2. The zero-order valence-electron chi connectivity index (χ0n) is 11.3. The molecule has 2 aromatic rings. The number of ether oxygens (including phenoxy) is 1. The van der Waals surface area contributed by atoms with Gasteiger partial charge in [0.1, 0.15) is 6.10 Å². The summed E-state index contributed by atoms with van der Waals surface area (Å²) in [5.41, 5.74) is 0.628. The van der Waals surface area contributed by atoms with Crippen LogP contribution in [0, 0.1) is 0 Å². The highest BCUT2D eigenvalue weighted by Crippen LogP contribution is 2.24. The van der Waals surface area contributed by atoms with Crippen LogP contribution in [0.15, 0.2) is 42.5 Å². The van der Waals surface area contributed by atoms with E-state index in [1.165, 1.54) is 0 Å². The van der Waals surface area contributed by atoms with Crippen molar-refractivity contribution >= 4 is 39.6 Å². The van der Waals surface area contributed by atoms with E-state index in [1.54, 1.807) is 0 Å². The average molecular weight is 381 g/mol. The Bertz CT molecular complexity index is 633. The number of esters is 1. The van der Waals surface area contributed by atoms with Crippen molar-refractivity contribution < 1.29 is 9.53 Å². The van der Waals surface area contributed by atoms with Crippen LogP contribution in [0.5, 0.6) is 0 Å². The Morgan fingerprint density at radius 3 is 2.70 bits per heavy atom. The van der Waals surface area contributed by atoms with Gasteiger partial charge in [0.05, 0.1) is 5.56 Å². The van der Waals surface area contributed by atoms with Crippen LogP contribution < -0.4 is 0 Å². The molecule has 1 aliphatic heterocycles. The van der Waals surface area contributed by atoms with Gasteiger partial charge in [0.2, 0.25) is 0 Å². The molecule has 1 heterocycles. The first-order chi connectivity index (χ1) is 9.63. The van der Waals surface area contributed by atoms with E-state index in [0.717, 1.165) is 23.7 Å². The van der Waals surface area contributed by atoms with E-state index < -0.39 is 0 Å². The van der Waals surface area contributed by atoms with Gasteiger partial charge in [0.15, 0.2) is 0 Å². The van der Waals surface area contributed by atoms with E-state index in [-0.39, 0.29) is 12.1 Å². The molecular weight excluding hydrogens is 365 g/mol. The van der Waals surface area contributed by atoms with Crippen LogP contribution >= 0.6 is 22.9 Å². The summed E-state index contributed by atoms with van der Waals surface area (Å²) < 4.78 is 7.79. The van der Waals surface area contributed by atoms with Crippen molar-refractivity contribution in [1.82, 2.24) is 3.11 Å². The molecule has 0 spiro atoms. The Hall–Kier alpha value is -1.14. The molecule has 0 radical (unpaired) electrons. The van der Waals surface area contributed by atoms with Crippen LogP contribution in [0.2, 0.25) is 0 Å². The highest BCUT2D eigenvalue weighted by molar-refractivity contribution is 14.1. The number of hydrogen-bond donors (Lipinski definition) is 0. The van der Waals surface area contributed by atoms with Gasteiger partial charge in [-0.05, 0) is 29.8 Å². The summed E-state index contributed by atoms with van der Waals surface area (Å²) in [6, 6.07) is 14.2. The predicted molar refractivity (Wildman–Crippen MR) is 88.0 cm³/mol. The van der Waals surface area contributed by atoms with Gasteiger partial charge in [-0.3, -0.25) is 0 Å². The van der Waals surface area contributed by atoms with Gasteiger partial charge in [-0.2, -0.15) is 0 Å². The van der Waals surface area contributed by atoms with E-state index in [1.807, 2.05) is 42.5 Å². The highest BCUT2D eigenvalue weighted by Gasteiger charge is 2.30. The lowest BCUT2D eigenvalue weighted by Crippen LogP contribution is -2.20. The van der Waals surface area contributed by atoms with Gasteiger partial charge in [-0.25, -0.2) is 7.91 Å². The van der Waals surface area contributed by atoms with Crippen molar-refractivity contribution in [3.8, 4) is 0 Å². The van der Waals surface area contributed by atoms with Crippen molar-refractivity contribution in [3.63, 3.8) is 0 Å². The quantitative estimate of drug-likeness (QED) is 0.450. The van der Waals surface area contributed by atoms with Crippen LogP contribution in [-0.2, 0) is 4.74 Å². The lowest BCUT2D eigenvalue weighted by Gasteiger charge is -2.11. The number of benzene rings is 2. The molecule has 1 aliphatic rings. The highest BCUT2D eigenvalue weighted by atomic mass is 127. The topological polar surface area (TPSA) is 29.5 Å². The molecule has 2 unspecified atom stereocenters. The lowest BCUT2D eigenvalue weighted by atomic mass is 10.1. The molecular formula is C16H16INO2. The van der Waals surface area contributed by atoms with Crippen molar-refractivity contribution in [1.29, 1.82) is 0 Å². The minimum Gasteiger partial charge on any atom is -0.457 e. The van der Waals surface area contributed by atoms with E-state index in [0.29, 0.717) is 11.6 Å². The van der Waals surface area contributed by atoms with Crippen LogP contribution in [0.25, 0.3) is 10.8 Å². The Balaban J connectivity index is 1.75. The smallest absolute Gasteiger partial charge is 0.338 e. The Kier molecular flexibility index (Phi) is 3.94. The van der Waals surface area contributed by atoms with Gasteiger partial charge in [0, 0.05) is 41.9 Å². The first kappa shape index (κ1) is 13.8. The number of hydrogen-bond acceptors (Lipinski definition) is 3. The number of nitrogens with zero attached hydrogens (tertiary/aromatic N) is 1. The summed E-state index contributed by atoms with van der Waals surface area (Å²) in [5, 5.41) is 2.20. The number of fused-ring (bicyclic) bond motifs is 1. The number of carbonyl (C=O) groups excluding carboxylic acids is 1. The molecule has 0 aliphatic carbocycles. The SMILES string of the molecule is CC1CC(OC(=O)c2ccc3ccccc3c2)CN1I. The van der Waals surface area contributed by atoms with Crippen LogP contribution in [0.1, 0.15) is 23.7 Å². The zero-order chi connectivity index (χ0) is 14.1. The summed E-state index contributed by atoms with van der Waals surface area (Å²) in [6.07, 6.45) is 0.906. The minimum atomic E-state index is -0.223. The normalized spacial score (nSPS) is 23.1. The van der Waals surface area contributed by atoms with Gasteiger partial charge >= 0.3 is 5.97 Å². The molecule has 4 heteroatoms. The van der Waals surface area contributed by atoms with E-state index in [4.69, 9.17) is 4.74 Å². The molecule has 2 atom stereocenters. The molecule has 3 rings (SSSR count). The largest absolute Gasteiger partial charge is 0.457 e. The van der Waals surface area contributed by atoms with Crippen LogP contribution in [0.4, 0.5) is 0 Å². The third kappa shape index (κ3) is 2.81. The third-order valence-electron chi connectivity index (χ3n) is 3.72. The molecule has 104 valence electrons. The maximum absolute atomic E-state index is 12.2. The van der Waals surface area contributed by atoms with Crippen LogP contribution in [-0.4, -0.2) is 27.8 Å². The number of halogens is 1. The van der Waals surface area contributed by atoms with E-state index in [2.05, 4.69) is 32.9 Å². The molecule has 3 nitrogen and oxygen atoms in total. The standard InChI is InChI=1S/C16H16INO2/c1-11-8-15(10-18(11)17)20-16(19)14-7-6-12-4-2-3-5-13(12)9-14/h2-7,9,11,15H,8,10H2,1H3. The second-order valence-electron chi connectivity index (χ2n) is 5.26. The minimum absolute atomic E-state index is 0.000806. The van der Waals surface area contributed by atoms with Gasteiger partial charge in [-0.15, -0.1) is 0 Å². The van der Waals surface area contributed by atoms with Gasteiger partial charge < -0.3 is 4.74 Å². The Morgan fingerprint density at radius 1 is 1.25 bits per heavy atom. The first-order valence-corrected chi connectivity index (χ1v) is 7.72. The fourth-order valence-electron chi connectivity index (χ4n) is 2.56. The number of carbonyl (C=O) groups is 1. The van der Waals surface area contributed by atoms with E-state index >= 15 is 0 Å². The molecule has 0 bridgehead atoms. The molecule has 1 fully saturated rings. The second kappa shape index (κ2) is 5.69. The molecule has 0 aromatic heterocycles. The zero-order valence-corrected chi connectivity index (χ0v) is 13.4. The fourth-order valence-corrected chi connectivity index (χ4v) is 3.23. The summed E-state index contributed by atoms with van der Waals surface area (Å²) in [5.74, 6) is -0.223. The van der Waals surface area contributed by atoms with Crippen LogP contribution in [0.3, 0.4) is 0 Å². The average Bonchev–Trinajstić information content (AvgIpc) is 2.76. The van der Waals surface area contributed by atoms with E-state index in [9.17, 15) is 4.79 Å². The van der Waals surface area contributed by atoms with Crippen molar-refractivity contribution in [3.05, 3.63) is 48.0 Å². The summed E-state index contributed by atoms with van der Waals surface area (Å²) in [7, 11) is 0. The Morgan fingerprint density at radius 2 is 2.00 bits per heavy atom.